The molecule has 0 bridgehead atoms. The van der Waals surface area contributed by atoms with Crippen molar-refractivity contribution in [1.82, 2.24) is 9.47 Å². The quantitative estimate of drug-likeness (QED) is 0.768. The van der Waals surface area contributed by atoms with Crippen molar-refractivity contribution in [3.05, 3.63) is 29.5 Å². The lowest BCUT2D eigenvalue weighted by molar-refractivity contribution is 0.112. The molecule has 1 aliphatic heterocycles. The minimum absolute atomic E-state index is 0.787. The van der Waals surface area contributed by atoms with Gasteiger partial charge in [0.25, 0.3) is 0 Å². The molecule has 1 aromatic heterocycles. The third-order valence-electron chi connectivity index (χ3n) is 4.75. The molecule has 1 aromatic carbocycles. The molecule has 0 unspecified atom stereocenters. The van der Waals surface area contributed by atoms with E-state index in [1.165, 1.54) is 25.9 Å². The Morgan fingerprint density at radius 2 is 2.00 bits per heavy atom. The van der Waals surface area contributed by atoms with Crippen molar-refractivity contribution in [1.29, 1.82) is 0 Å². The lowest BCUT2D eigenvalue weighted by Crippen LogP contribution is -2.21. The number of hydrogen-bond donors (Lipinski definition) is 0. The number of rotatable bonds is 6. The molecule has 3 rings (SSSR count). The fraction of sp³-hybridized carbons (Fsp3) is 0.500. The van der Waals surface area contributed by atoms with E-state index in [-0.39, 0.29) is 0 Å². The second-order valence-electron chi connectivity index (χ2n) is 6.05. The molecule has 0 amide bonds. The van der Waals surface area contributed by atoms with Crippen LogP contribution in [0.2, 0.25) is 0 Å². The summed E-state index contributed by atoms with van der Waals surface area (Å²) in [5.41, 5.74) is 2.97. The van der Waals surface area contributed by atoms with Crippen LogP contribution in [0.4, 0.5) is 0 Å². The smallest absolute Gasteiger partial charge is 0.152 e. The van der Waals surface area contributed by atoms with E-state index in [4.69, 9.17) is 4.74 Å². The molecule has 22 heavy (non-hydrogen) atoms. The van der Waals surface area contributed by atoms with Gasteiger partial charge in [0.05, 0.1) is 7.11 Å². The summed E-state index contributed by atoms with van der Waals surface area (Å²) in [4.78, 5) is 14.0. The molecule has 0 radical (unpaired) electrons. The van der Waals surface area contributed by atoms with Gasteiger partial charge in [0, 0.05) is 28.7 Å². The molecule has 0 saturated carbocycles. The second kappa shape index (κ2) is 6.53. The highest BCUT2D eigenvalue weighted by Gasteiger charge is 2.15. The van der Waals surface area contributed by atoms with Gasteiger partial charge in [-0.05, 0) is 64.0 Å². The summed E-state index contributed by atoms with van der Waals surface area (Å²) in [5, 5.41) is 0.994. The van der Waals surface area contributed by atoms with Gasteiger partial charge in [0.2, 0.25) is 0 Å². The van der Waals surface area contributed by atoms with E-state index in [1.54, 1.807) is 7.11 Å². The van der Waals surface area contributed by atoms with Crippen molar-refractivity contribution in [2.24, 2.45) is 0 Å². The molecule has 0 atom stereocenters. The number of likely N-dealkylation sites (tertiary alicyclic amines) is 1. The fourth-order valence-electron chi connectivity index (χ4n) is 3.51. The van der Waals surface area contributed by atoms with Crippen LogP contribution in [0.5, 0.6) is 5.75 Å². The standard InChI is InChI=1S/C18H24N2O2/c1-14-17(13-21)16-12-15(22-2)6-7-18(16)20(14)11-5-10-19-8-3-4-9-19/h6-7,12-13H,3-5,8-11H2,1-2H3. The molecule has 0 spiro atoms. The van der Waals surface area contributed by atoms with Crippen LogP contribution in [-0.2, 0) is 6.54 Å². The molecule has 0 aliphatic carbocycles. The van der Waals surface area contributed by atoms with Crippen molar-refractivity contribution >= 4 is 17.2 Å². The fourth-order valence-corrected chi connectivity index (χ4v) is 3.51. The van der Waals surface area contributed by atoms with Gasteiger partial charge in [-0.1, -0.05) is 0 Å². The Hall–Kier alpha value is -1.81. The number of fused-ring (bicyclic) bond motifs is 1. The first-order valence-corrected chi connectivity index (χ1v) is 8.09. The third-order valence-corrected chi connectivity index (χ3v) is 4.75. The first kappa shape index (κ1) is 15.1. The Kier molecular flexibility index (Phi) is 4.48. The van der Waals surface area contributed by atoms with E-state index in [9.17, 15) is 4.79 Å². The molecular formula is C18H24N2O2. The monoisotopic (exact) mass is 300 g/mol. The topological polar surface area (TPSA) is 34.5 Å². The normalized spacial score (nSPS) is 15.5. The zero-order valence-corrected chi connectivity index (χ0v) is 13.5. The number of nitrogens with zero attached hydrogens (tertiary/aromatic N) is 2. The number of carbonyl (C=O) groups is 1. The number of hydrogen-bond acceptors (Lipinski definition) is 3. The first-order valence-electron chi connectivity index (χ1n) is 8.09. The number of aryl methyl sites for hydroxylation is 1. The van der Waals surface area contributed by atoms with Crippen LogP contribution in [0.25, 0.3) is 10.9 Å². The first-order chi connectivity index (χ1) is 10.7. The Morgan fingerprint density at radius 3 is 2.68 bits per heavy atom. The number of methoxy groups -OCH3 is 1. The van der Waals surface area contributed by atoms with Crippen LogP contribution >= 0.6 is 0 Å². The molecule has 1 fully saturated rings. The summed E-state index contributed by atoms with van der Waals surface area (Å²) in [7, 11) is 1.65. The van der Waals surface area contributed by atoms with Crippen LogP contribution in [0.3, 0.4) is 0 Å². The van der Waals surface area contributed by atoms with Gasteiger partial charge >= 0.3 is 0 Å². The highest BCUT2D eigenvalue weighted by atomic mass is 16.5. The molecule has 1 aliphatic rings. The van der Waals surface area contributed by atoms with E-state index >= 15 is 0 Å². The van der Waals surface area contributed by atoms with E-state index in [0.717, 1.165) is 53.7 Å². The molecule has 118 valence electrons. The summed E-state index contributed by atoms with van der Waals surface area (Å²) in [6.45, 7) is 6.61. The van der Waals surface area contributed by atoms with Crippen LogP contribution in [0.1, 0.15) is 35.3 Å². The van der Waals surface area contributed by atoms with Crippen molar-refractivity contribution in [2.45, 2.75) is 32.7 Å². The van der Waals surface area contributed by atoms with Crippen molar-refractivity contribution < 1.29 is 9.53 Å². The predicted molar refractivity (Wildman–Crippen MR) is 88.9 cm³/mol. The zero-order chi connectivity index (χ0) is 15.5. The van der Waals surface area contributed by atoms with Crippen LogP contribution in [0.15, 0.2) is 18.2 Å². The Morgan fingerprint density at radius 1 is 1.23 bits per heavy atom. The number of aldehydes is 1. The lowest BCUT2D eigenvalue weighted by atomic mass is 10.1. The Labute approximate surface area is 131 Å². The molecular weight excluding hydrogens is 276 g/mol. The summed E-state index contributed by atoms with van der Waals surface area (Å²) >= 11 is 0. The van der Waals surface area contributed by atoms with E-state index in [1.807, 2.05) is 19.1 Å². The molecule has 4 heteroatoms. The maximum Gasteiger partial charge on any atom is 0.152 e. The van der Waals surface area contributed by atoms with Gasteiger partial charge in [-0.2, -0.15) is 0 Å². The van der Waals surface area contributed by atoms with Gasteiger partial charge < -0.3 is 14.2 Å². The van der Waals surface area contributed by atoms with Crippen LogP contribution < -0.4 is 4.74 Å². The minimum atomic E-state index is 0.787. The zero-order valence-electron chi connectivity index (χ0n) is 13.5. The van der Waals surface area contributed by atoms with Crippen molar-refractivity contribution in [3.8, 4) is 5.75 Å². The van der Waals surface area contributed by atoms with Crippen molar-refractivity contribution in [3.63, 3.8) is 0 Å². The van der Waals surface area contributed by atoms with Crippen molar-refractivity contribution in [2.75, 3.05) is 26.7 Å². The number of benzene rings is 1. The highest BCUT2D eigenvalue weighted by Crippen LogP contribution is 2.28. The number of carbonyl (C=O) groups excluding carboxylic acids is 1. The summed E-state index contributed by atoms with van der Waals surface area (Å²) < 4.78 is 7.56. The average molecular weight is 300 g/mol. The summed E-state index contributed by atoms with van der Waals surface area (Å²) in [5.74, 6) is 0.796. The van der Waals surface area contributed by atoms with Gasteiger partial charge in [0.15, 0.2) is 6.29 Å². The molecule has 2 heterocycles. The maximum atomic E-state index is 11.5. The van der Waals surface area contributed by atoms with Crippen LogP contribution in [-0.4, -0.2) is 42.5 Å². The SMILES string of the molecule is COc1ccc2c(c1)c(C=O)c(C)n2CCCN1CCCC1. The van der Waals surface area contributed by atoms with Gasteiger partial charge in [-0.15, -0.1) is 0 Å². The molecule has 2 aromatic rings. The third kappa shape index (κ3) is 2.75. The highest BCUT2D eigenvalue weighted by molar-refractivity contribution is 6.00. The maximum absolute atomic E-state index is 11.5. The molecule has 4 nitrogen and oxygen atoms in total. The van der Waals surface area contributed by atoms with Gasteiger partial charge in [0.1, 0.15) is 5.75 Å². The summed E-state index contributed by atoms with van der Waals surface area (Å²) in [6, 6.07) is 5.99. The Bertz CT molecular complexity index is 669. The van der Waals surface area contributed by atoms with E-state index in [2.05, 4.69) is 15.5 Å². The lowest BCUT2D eigenvalue weighted by Gasteiger charge is -2.15. The second-order valence-corrected chi connectivity index (χ2v) is 6.05. The molecule has 1 saturated heterocycles. The average Bonchev–Trinajstić information content (AvgIpc) is 3.14. The van der Waals surface area contributed by atoms with Crippen LogP contribution in [0, 0.1) is 6.92 Å². The van der Waals surface area contributed by atoms with Gasteiger partial charge in [-0.25, -0.2) is 0 Å². The summed E-state index contributed by atoms with van der Waals surface area (Å²) in [6.07, 6.45) is 4.75. The minimum Gasteiger partial charge on any atom is -0.497 e. The Balaban J connectivity index is 1.84. The largest absolute Gasteiger partial charge is 0.497 e. The predicted octanol–water partition coefficient (Wildman–Crippen LogP) is 3.26. The number of aromatic nitrogens is 1. The number of ether oxygens (including phenoxy) is 1. The van der Waals surface area contributed by atoms with Gasteiger partial charge in [-0.3, -0.25) is 4.79 Å². The van der Waals surface area contributed by atoms with E-state index in [0.29, 0.717) is 0 Å². The van der Waals surface area contributed by atoms with E-state index < -0.39 is 0 Å². The molecule has 0 N–H and O–H groups in total.